The topological polar surface area (TPSA) is 49.3 Å². The van der Waals surface area contributed by atoms with Crippen LogP contribution >= 0.6 is 0 Å². The number of amides is 1. The Bertz CT molecular complexity index is 566. The monoisotopic (exact) mass is 269 g/mol. The maximum atomic E-state index is 12.0. The fourth-order valence-corrected chi connectivity index (χ4v) is 2.17. The highest BCUT2D eigenvalue weighted by molar-refractivity contribution is 5.79. The van der Waals surface area contributed by atoms with E-state index in [1.54, 1.807) is 0 Å². The molecule has 0 aliphatic heterocycles. The number of hydrogen-bond acceptors (Lipinski definition) is 2. The third kappa shape index (κ3) is 3.93. The van der Waals surface area contributed by atoms with Crippen molar-refractivity contribution in [3.05, 3.63) is 71.3 Å². The van der Waals surface area contributed by atoms with Gasteiger partial charge < -0.3 is 10.4 Å². The highest BCUT2D eigenvalue weighted by Crippen LogP contribution is 2.12. The molecule has 3 heteroatoms. The Kier molecular flexibility index (Phi) is 4.91. The minimum absolute atomic E-state index is 0.0847. The van der Waals surface area contributed by atoms with Gasteiger partial charge in [-0.3, -0.25) is 4.79 Å². The fraction of sp³-hybridized carbons (Fsp3) is 0.235. The Labute approximate surface area is 119 Å². The SMILES string of the molecule is Cc1cccc(CC(=O)NC(CO)c2ccccc2)c1. The van der Waals surface area contributed by atoms with Crippen LogP contribution in [0.15, 0.2) is 54.6 Å². The molecule has 3 nitrogen and oxygen atoms in total. The largest absolute Gasteiger partial charge is 0.394 e. The van der Waals surface area contributed by atoms with Gasteiger partial charge in [-0.2, -0.15) is 0 Å². The minimum Gasteiger partial charge on any atom is -0.394 e. The highest BCUT2D eigenvalue weighted by atomic mass is 16.3. The lowest BCUT2D eigenvalue weighted by Gasteiger charge is -2.16. The predicted molar refractivity (Wildman–Crippen MR) is 79.3 cm³/mol. The van der Waals surface area contributed by atoms with Crippen LogP contribution in [0.25, 0.3) is 0 Å². The van der Waals surface area contributed by atoms with E-state index < -0.39 is 0 Å². The van der Waals surface area contributed by atoms with Crippen molar-refractivity contribution < 1.29 is 9.90 Å². The average molecular weight is 269 g/mol. The highest BCUT2D eigenvalue weighted by Gasteiger charge is 2.13. The van der Waals surface area contributed by atoms with Crippen LogP contribution in [0.3, 0.4) is 0 Å². The van der Waals surface area contributed by atoms with Crippen LogP contribution in [0.5, 0.6) is 0 Å². The predicted octanol–water partition coefficient (Wildman–Crippen LogP) is 2.39. The van der Waals surface area contributed by atoms with E-state index in [4.69, 9.17) is 0 Å². The third-order valence-electron chi connectivity index (χ3n) is 3.17. The van der Waals surface area contributed by atoms with Gasteiger partial charge in [-0.25, -0.2) is 0 Å². The van der Waals surface area contributed by atoms with Gasteiger partial charge in [0.05, 0.1) is 19.1 Å². The van der Waals surface area contributed by atoms with Crippen LogP contribution < -0.4 is 5.32 Å². The number of aliphatic hydroxyl groups is 1. The van der Waals surface area contributed by atoms with Gasteiger partial charge in [-0.15, -0.1) is 0 Å². The fourth-order valence-electron chi connectivity index (χ4n) is 2.17. The molecule has 2 aromatic rings. The Hall–Kier alpha value is -2.13. The van der Waals surface area contributed by atoms with Crippen molar-refractivity contribution in [2.24, 2.45) is 0 Å². The van der Waals surface area contributed by atoms with E-state index in [0.29, 0.717) is 6.42 Å². The number of benzene rings is 2. The van der Waals surface area contributed by atoms with E-state index in [1.807, 2.05) is 61.5 Å². The average Bonchev–Trinajstić information content (AvgIpc) is 2.45. The number of carbonyl (C=O) groups is 1. The van der Waals surface area contributed by atoms with Crippen molar-refractivity contribution >= 4 is 5.91 Å². The number of carbonyl (C=O) groups excluding carboxylic acids is 1. The van der Waals surface area contributed by atoms with Gasteiger partial charge in [-0.1, -0.05) is 60.2 Å². The normalized spacial score (nSPS) is 11.9. The number of hydrogen-bond donors (Lipinski definition) is 2. The van der Waals surface area contributed by atoms with Crippen molar-refractivity contribution in [3.8, 4) is 0 Å². The summed E-state index contributed by atoms with van der Waals surface area (Å²) >= 11 is 0. The van der Waals surface area contributed by atoms with E-state index in [-0.39, 0.29) is 18.6 Å². The molecule has 1 atom stereocenters. The molecular formula is C17H19NO2. The molecule has 20 heavy (non-hydrogen) atoms. The first kappa shape index (κ1) is 14.3. The van der Waals surface area contributed by atoms with Gasteiger partial charge in [0.15, 0.2) is 0 Å². The Morgan fingerprint density at radius 2 is 1.90 bits per heavy atom. The van der Waals surface area contributed by atoms with Crippen molar-refractivity contribution in [1.29, 1.82) is 0 Å². The summed E-state index contributed by atoms with van der Waals surface area (Å²) in [6.45, 7) is 1.89. The molecule has 2 N–H and O–H groups in total. The second-order valence-corrected chi connectivity index (χ2v) is 4.88. The summed E-state index contributed by atoms with van der Waals surface area (Å²) in [7, 11) is 0. The lowest BCUT2D eigenvalue weighted by Crippen LogP contribution is -2.31. The molecule has 0 aromatic heterocycles. The zero-order valence-electron chi connectivity index (χ0n) is 11.5. The number of aliphatic hydroxyl groups excluding tert-OH is 1. The maximum Gasteiger partial charge on any atom is 0.224 e. The zero-order valence-corrected chi connectivity index (χ0v) is 11.5. The molecule has 1 unspecified atom stereocenters. The first-order valence-electron chi connectivity index (χ1n) is 6.70. The van der Waals surface area contributed by atoms with Gasteiger partial charge in [-0.05, 0) is 18.1 Å². The molecule has 0 bridgehead atoms. The molecule has 2 aromatic carbocycles. The summed E-state index contributed by atoms with van der Waals surface area (Å²) in [6, 6.07) is 17.0. The summed E-state index contributed by atoms with van der Waals surface area (Å²) in [5, 5.41) is 12.3. The van der Waals surface area contributed by atoms with Gasteiger partial charge in [0.25, 0.3) is 0 Å². The van der Waals surface area contributed by atoms with Crippen molar-refractivity contribution in [2.75, 3.05) is 6.61 Å². The van der Waals surface area contributed by atoms with E-state index in [0.717, 1.165) is 16.7 Å². The van der Waals surface area contributed by atoms with Gasteiger partial charge in [0.2, 0.25) is 5.91 Å². The summed E-state index contributed by atoms with van der Waals surface area (Å²) in [5.74, 6) is -0.0847. The van der Waals surface area contributed by atoms with Crippen LogP contribution in [0.2, 0.25) is 0 Å². The van der Waals surface area contributed by atoms with Crippen LogP contribution in [0.1, 0.15) is 22.7 Å². The summed E-state index contributed by atoms with van der Waals surface area (Å²) < 4.78 is 0. The second-order valence-electron chi connectivity index (χ2n) is 4.88. The lowest BCUT2D eigenvalue weighted by atomic mass is 10.1. The van der Waals surface area contributed by atoms with Crippen LogP contribution in [-0.2, 0) is 11.2 Å². The van der Waals surface area contributed by atoms with E-state index in [9.17, 15) is 9.90 Å². The minimum atomic E-state index is -0.353. The summed E-state index contributed by atoms with van der Waals surface area (Å²) in [4.78, 5) is 12.0. The zero-order chi connectivity index (χ0) is 14.4. The number of aryl methyl sites for hydroxylation is 1. The molecule has 0 saturated carbocycles. The van der Waals surface area contributed by atoms with Gasteiger partial charge in [0.1, 0.15) is 0 Å². The van der Waals surface area contributed by atoms with Crippen molar-refractivity contribution in [2.45, 2.75) is 19.4 Å². The molecule has 0 aliphatic rings. The van der Waals surface area contributed by atoms with Crippen molar-refractivity contribution in [1.82, 2.24) is 5.32 Å². The molecule has 0 saturated heterocycles. The molecule has 0 heterocycles. The smallest absolute Gasteiger partial charge is 0.224 e. The first-order chi connectivity index (χ1) is 9.69. The molecule has 1 amide bonds. The van der Waals surface area contributed by atoms with Crippen LogP contribution in [0, 0.1) is 6.92 Å². The maximum absolute atomic E-state index is 12.0. The van der Waals surface area contributed by atoms with E-state index in [2.05, 4.69) is 5.32 Å². The Morgan fingerprint density at radius 1 is 1.15 bits per heavy atom. The molecule has 0 aliphatic carbocycles. The summed E-state index contributed by atoms with van der Waals surface area (Å²) in [6.07, 6.45) is 0.324. The van der Waals surface area contributed by atoms with Gasteiger partial charge in [0, 0.05) is 0 Å². The molecule has 0 fully saturated rings. The number of rotatable bonds is 5. The van der Waals surface area contributed by atoms with Gasteiger partial charge >= 0.3 is 0 Å². The van der Waals surface area contributed by atoms with E-state index >= 15 is 0 Å². The second kappa shape index (κ2) is 6.87. The lowest BCUT2D eigenvalue weighted by molar-refractivity contribution is -0.121. The molecule has 104 valence electrons. The van der Waals surface area contributed by atoms with Crippen molar-refractivity contribution in [3.63, 3.8) is 0 Å². The van der Waals surface area contributed by atoms with Crippen LogP contribution in [-0.4, -0.2) is 17.6 Å². The quantitative estimate of drug-likeness (QED) is 0.875. The number of nitrogens with one attached hydrogen (secondary N) is 1. The molecular weight excluding hydrogens is 250 g/mol. The molecule has 0 radical (unpaired) electrons. The Morgan fingerprint density at radius 3 is 2.55 bits per heavy atom. The van der Waals surface area contributed by atoms with Crippen LogP contribution in [0.4, 0.5) is 0 Å². The molecule has 2 rings (SSSR count). The molecule has 0 spiro atoms. The standard InChI is InChI=1S/C17H19NO2/c1-13-6-5-7-14(10-13)11-17(20)18-16(12-19)15-8-3-2-4-9-15/h2-10,16,19H,11-12H2,1H3,(H,18,20). The third-order valence-corrected chi connectivity index (χ3v) is 3.17. The van der Waals surface area contributed by atoms with E-state index in [1.165, 1.54) is 0 Å². The Balaban J connectivity index is 2.00. The first-order valence-corrected chi connectivity index (χ1v) is 6.70. The summed E-state index contributed by atoms with van der Waals surface area (Å²) in [5.41, 5.74) is 3.02.